The fourth-order valence-electron chi connectivity index (χ4n) is 11.1. The van der Waals surface area contributed by atoms with Crippen LogP contribution < -0.4 is 19.9 Å². The molecule has 1 spiro atoms. The standard InChI is InChI=1S/C45H46ClN7O6/c46-38-20-34(9-3-29(38)23-47)59-35-17-32-6-7-33(18-35)52(32)42(56)28-1-4-30(5-2-28)50-15-13-49(14-16-50)24-27-21-45(22-27)25-51(26-45)31-8-10-36-37(19-31)44(58)53(43(36)57)39-11-12-40(54)48-41(39)55/h1-5,8-10,19-20,27,32-33,35,39H,6-7,11-18,21-22,24-26H2,(H,48,54,55). The molecule has 5 saturated heterocycles. The van der Waals surface area contributed by atoms with Crippen LogP contribution in [0, 0.1) is 22.7 Å². The van der Waals surface area contributed by atoms with Crippen molar-refractivity contribution < 1.29 is 28.7 Å². The summed E-state index contributed by atoms with van der Waals surface area (Å²) in [6.45, 7) is 6.85. The molecule has 3 atom stereocenters. The molecule has 6 aliphatic heterocycles. The number of carbonyl (C=O) groups is 5. The largest absolute Gasteiger partial charge is 0.490 e. The number of hydrogen-bond donors (Lipinski definition) is 1. The van der Waals surface area contributed by atoms with E-state index in [4.69, 9.17) is 16.3 Å². The minimum Gasteiger partial charge on any atom is -0.490 e. The second kappa shape index (κ2) is 14.7. The number of halogens is 1. The Balaban J connectivity index is 0.668. The Morgan fingerprint density at radius 3 is 2.20 bits per heavy atom. The highest BCUT2D eigenvalue weighted by atomic mass is 35.5. The zero-order valence-corrected chi connectivity index (χ0v) is 33.5. The van der Waals surface area contributed by atoms with Gasteiger partial charge < -0.3 is 19.4 Å². The molecule has 0 aromatic heterocycles. The molecule has 7 aliphatic rings. The zero-order valence-electron chi connectivity index (χ0n) is 32.8. The molecule has 2 bridgehead atoms. The van der Waals surface area contributed by atoms with Gasteiger partial charge in [0.05, 0.1) is 21.7 Å². The molecule has 3 aromatic carbocycles. The predicted molar refractivity (Wildman–Crippen MR) is 218 cm³/mol. The second-order valence-corrected chi connectivity index (χ2v) is 18.1. The number of carbonyl (C=O) groups excluding carboxylic acids is 5. The van der Waals surface area contributed by atoms with Gasteiger partial charge in [0.2, 0.25) is 11.8 Å². The van der Waals surface area contributed by atoms with Crippen molar-refractivity contribution in [2.45, 2.75) is 75.6 Å². The highest BCUT2D eigenvalue weighted by molar-refractivity contribution is 6.31. The number of piperazine rings is 1. The molecule has 3 unspecified atom stereocenters. The smallest absolute Gasteiger partial charge is 0.262 e. The Morgan fingerprint density at radius 2 is 1.53 bits per heavy atom. The molecule has 59 heavy (non-hydrogen) atoms. The van der Waals surface area contributed by atoms with Gasteiger partial charge in [-0.25, -0.2) is 0 Å². The fraction of sp³-hybridized carbons (Fsp3) is 0.467. The van der Waals surface area contributed by atoms with E-state index in [2.05, 4.69) is 43.1 Å². The quantitative estimate of drug-likeness (QED) is 0.313. The van der Waals surface area contributed by atoms with Crippen molar-refractivity contribution >= 4 is 52.5 Å². The lowest BCUT2D eigenvalue weighted by atomic mass is 9.57. The van der Waals surface area contributed by atoms with Crippen LogP contribution in [0.4, 0.5) is 11.4 Å². The maximum Gasteiger partial charge on any atom is 0.262 e. The summed E-state index contributed by atoms with van der Waals surface area (Å²) in [5, 5.41) is 11.8. The SMILES string of the molecule is N#Cc1ccc(OC2CC3CCC(C2)N3C(=O)c2ccc(N3CCN(CC4CC5(C4)CN(c4ccc6c(c4)C(=O)N(C4CCC(=O)NC4=O)C6=O)C5)CC3)cc2)cc1Cl. The minimum absolute atomic E-state index is 0.00441. The van der Waals surface area contributed by atoms with E-state index in [1.54, 1.807) is 30.3 Å². The number of imide groups is 2. The molecule has 1 aliphatic carbocycles. The molecule has 1 N–H and O–H groups in total. The summed E-state index contributed by atoms with van der Waals surface area (Å²) in [5.41, 5.74) is 4.16. The average Bonchev–Trinajstić information content (AvgIpc) is 3.62. The summed E-state index contributed by atoms with van der Waals surface area (Å²) in [4.78, 5) is 74.6. The topological polar surface area (TPSA) is 147 Å². The lowest BCUT2D eigenvalue weighted by Gasteiger charge is -2.60. The van der Waals surface area contributed by atoms with E-state index in [0.717, 1.165) is 93.3 Å². The van der Waals surface area contributed by atoms with Gasteiger partial charge in [0.25, 0.3) is 17.7 Å². The number of benzene rings is 3. The Hall–Kier alpha value is -5.45. The lowest BCUT2D eigenvalue weighted by Crippen LogP contribution is -2.64. The monoisotopic (exact) mass is 815 g/mol. The summed E-state index contributed by atoms with van der Waals surface area (Å²) < 4.78 is 6.27. The Labute approximate surface area is 347 Å². The van der Waals surface area contributed by atoms with E-state index in [1.165, 1.54) is 12.8 Å². The van der Waals surface area contributed by atoms with Crippen molar-refractivity contribution in [1.82, 2.24) is 20.0 Å². The third-order valence-corrected chi connectivity index (χ3v) is 14.3. The number of ether oxygens (including phenoxy) is 1. The number of hydrogen-bond acceptors (Lipinski definition) is 10. The number of amides is 5. The van der Waals surface area contributed by atoms with Crippen LogP contribution in [0.1, 0.15) is 88.0 Å². The third kappa shape index (κ3) is 6.80. The van der Waals surface area contributed by atoms with Gasteiger partial charge in [-0.1, -0.05) is 11.6 Å². The number of nitrogens with zero attached hydrogens (tertiary/aromatic N) is 6. The van der Waals surface area contributed by atoms with Crippen molar-refractivity contribution in [2.75, 3.05) is 55.6 Å². The number of anilines is 2. The Morgan fingerprint density at radius 1 is 0.831 bits per heavy atom. The number of nitriles is 1. The molecular weight excluding hydrogens is 770 g/mol. The van der Waals surface area contributed by atoms with Gasteiger partial charge in [0, 0.05) is 106 Å². The number of nitrogens with one attached hydrogen (secondary N) is 1. The van der Waals surface area contributed by atoms with Crippen LogP contribution in [-0.2, 0) is 9.59 Å². The van der Waals surface area contributed by atoms with Gasteiger partial charge in [-0.05, 0) is 92.6 Å². The highest BCUT2D eigenvalue weighted by Crippen LogP contribution is 2.53. The Kier molecular flexibility index (Phi) is 9.40. The number of piperidine rings is 2. The fourth-order valence-corrected chi connectivity index (χ4v) is 11.3. The molecular formula is C45H46ClN7O6. The number of rotatable bonds is 8. The van der Waals surface area contributed by atoms with Crippen LogP contribution in [0.15, 0.2) is 60.7 Å². The first-order valence-electron chi connectivity index (χ1n) is 20.9. The minimum atomic E-state index is -0.961. The summed E-state index contributed by atoms with van der Waals surface area (Å²) >= 11 is 6.23. The molecule has 6 fully saturated rings. The predicted octanol–water partition coefficient (Wildman–Crippen LogP) is 4.87. The summed E-state index contributed by atoms with van der Waals surface area (Å²) in [7, 11) is 0. The molecule has 0 radical (unpaired) electrons. The maximum absolute atomic E-state index is 13.8. The van der Waals surface area contributed by atoms with Crippen LogP contribution in [0.5, 0.6) is 5.75 Å². The van der Waals surface area contributed by atoms with Crippen molar-refractivity contribution in [2.24, 2.45) is 11.3 Å². The lowest BCUT2D eigenvalue weighted by molar-refractivity contribution is -0.136. The molecule has 10 rings (SSSR count). The van der Waals surface area contributed by atoms with Crippen LogP contribution in [0.25, 0.3) is 0 Å². The van der Waals surface area contributed by atoms with Crippen molar-refractivity contribution in [3.8, 4) is 11.8 Å². The second-order valence-electron chi connectivity index (χ2n) is 17.7. The molecule has 1 saturated carbocycles. The zero-order chi connectivity index (χ0) is 40.6. The first-order chi connectivity index (χ1) is 28.5. The van der Waals surface area contributed by atoms with E-state index < -0.39 is 23.8 Å². The Bertz CT molecular complexity index is 2280. The molecule has 14 heteroatoms. The first kappa shape index (κ1) is 37.8. The van der Waals surface area contributed by atoms with E-state index in [9.17, 15) is 29.2 Å². The van der Waals surface area contributed by atoms with Crippen molar-refractivity contribution in [3.05, 3.63) is 87.9 Å². The van der Waals surface area contributed by atoms with Crippen LogP contribution in [0.3, 0.4) is 0 Å². The van der Waals surface area contributed by atoms with Crippen LogP contribution in [0.2, 0.25) is 5.02 Å². The van der Waals surface area contributed by atoms with Gasteiger partial charge in [0.15, 0.2) is 0 Å². The molecule has 5 amide bonds. The maximum atomic E-state index is 13.8. The summed E-state index contributed by atoms with van der Waals surface area (Å²) in [6.07, 6.45) is 6.13. The van der Waals surface area contributed by atoms with Gasteiger partial charge in [-0.15, -0.1) is 0 Å². The molecule has 3 aromatic rings. The third-order valence-electron chi connectivity index (χ3n) is 13.9. The van der Waals surface area contributed by atoms with Crippen LogP contribution >= 0.6 is 11.6 Å². The van der Waals surface area contributed by atoms with Crippen molar-refractivity contribution in [1.29, 1.82) is 5.26 Å². The normalized spacial score (nSPS) is 26.4. The molecule has 6 heterocycles. The van der Waals surface area contributed by atoms with E-state index in [0.29, 0.717) is 38.8 Å². The van der Waals surface area contributed by atoms with Gasteiger partial charge in [-0.2, -0.15) is 5.26 Å². The van der Waals surface area contributed by atoms with E-state index >= 15 is 0 Å². The first-order valence-corrected chi connectivity index (χ1v) is 21.3. The van der Waals surface area contributed by atoms with Gasteiger partial charge >= 0.3 is 0 Å². The van der Waals surface area contributed by atoms with Crippen LogP contribution in [-0.4, -0.2) is 114 Å². The number of fused-ring (bicyclic) bond motifs is 3. The molecule has 304 valence electrons. The summed E-state index contributed by atoms with van der Waals surface area (Å²) in [6, 6.07) is 20.1. The van der Waals surface area contributed by atoms with Gasteiger partial charge in [-0.3, -0.25) is 39.1 Å². The van der Waals surface area contributed by atoms with E-state index in [1.807, 2.05) is 18.2 Å². The average molecular weight is 816 g/mol. The highest BCUT2D eigenvalue weighted by Gasteiger charge is 2.53. The van der Waals surface area contributed by atoms with Crippen molar-refractivity contribution in [3.63, 3.8) is 0 Å². The summed E-state index contributed by atoms with van der Waals surface area (Å²) in [5.74, 6) is -0.513. The van der Waals surface area contributed by atoms with E-state index in [-0.39, 0.29) is 42.8 Å². The molecule has 13 nitrogen and oxygen atoms in total. The van der Waals surface area contributed by atoms with Gasteiger partial charge in [0.1, 0.15) is 24.0 Å².